The van der Waals surface area contributed by atoms with Gasteiger partial charge in [-0.25, -0.2) is 13.2 Å². The molecule has 0 atom stereocenters. The van der Waals surface area contributed by atoms with Crippen molar-refractivity contribution in [2.45, 2.75) is 19.1 Å². The first-order valence-corrected chi connectivity index (χ1v) is 10.7. The first-order chi connectivity index (χ1) is 13.4. The van der Waals surface area contributed by atoms with E-state index < -0.39 is 32.8 Å². The van der Waals surface area contributed by atoms with Gasteiger partial charge in [-0.15, -0.1) is 0 Å². The second-order valence-electron chi connectivity index (χ2n) is 6.65. The molecule has 1 aliphatic rings. The SMILES string of the molecule is CS(=O)(=O)Nc1ccc2c(c1)CN(C(=O)Nc1ccc(Cl)c(C(F)(F)F)c1)CC2. The van der Waals surface area contributed by atoms with E-state index in [1.165, 1.54) is 11.0 Å². The van der Waals surface area contributed by atoms with Gasteiger partial charge >= 0.3 is 12.2 Å². The molecule has 0 saturated heterocycles. The molecule has 2 amide bonds. The highest BCUT2D eigenvalue weighted by Gasteiger charge is 2.33. The van der Waals surface area contributed by atoms with Crippen LogP contribution in [0.2, 0.25) is 5.02 Å². The highest BCUT2D eigenvalue weighted by atomic mass is 35.5. The number of rotatable bonds is 3. The average molecular weight is 448 g/mol. The topological polar surface area (TPSA) is 78.5 Å². The van der Waals surface area contributed by atoms with Gasteiger partial charge in [0.25, 0.3) is 0 Å². The van der Waals surface area contributed by atoms with E-state index in [1.54, 1.807) is 18.2 Å². The number of urea groups is 1. The Labute approximate surface area is 170 Å². The number of hydrogen-bond donors (Lipinski definition) is 2. The third-order valence-corrected chi connectivity index (χ3v) is 5.27. The number of anilines is 2. The number of carbonyl (C=O) groups excluding carboxylic acids is 1. The summed E-state index contributed by atoms with van der Waals surface area (Å²) in [5, 5.41) is 2.00. The van der Waals surface area contributed by atoms with Crippen LogP contribution in [-0.2, 0) is 29.2 Å². The molecule has 0 aromatic heterocycles. The van der Waals surface area contributed by atoms with E-state index in [0.29, 0.717) is 18.7 Å². The number of alkyl halides is 3. The Balaban J connectivity index is 1.75. The number of halogens is 4. The van der Waals surface area contributed by atoms with E-state index >= 15 is 0 Å². The van der Waals surface area contributed by atoms with E-state index in [2.05, 4.69) is 10.0 Å². The van der Waals surface area contributed by atoms with Crippen molar-refractivity contribution in [3.63, 3.8) is 0 Å². The third kappa shape index (κ3) is 5.33. The number of nitrogens with one attached hydrogen (secondary N) is 2. The fourth-order valence-electron chi connectivity index (χ4n) is 3.03. The Bertz CT molecular complexity index is 1060. The summed E-state index contributed by atoms with van der Waals surface area (Å²) >= 11 is 5.59. The van der Waals surface area contributed by atoms with Gasteiger partial charge in [0.05, 0.1) is 16.8 Å². The quantitative estimate of drug-likeness (QED) is 0.735. The van der Waals surface area contributed by atoms with Gasteiger partial charge in [-0.2, -0.15) is 13.2 Å². The minimum absolute atomic E-state index is 0.0231. The lowest BCUT2D eigenvalue weighted by Gasteiger charge is -2.29. The number of carbonyl (C=O) groups is 1. The van der Waals surface area contributed by atoms with E-state index in [0.717, 1.165) is 29.5 Å². The molecule has 2 N–H and O–H groups in total. The predicted molar refractivity (Wildman–Crippen MR) is 104 cm³/mol. The van der Waals surface area contributed by atoms with Crippen molar-refractivity contribution < 1.29 is 26.4 Å². The van der Waals surface area contributed by atoms with Gasteiger partial charge in [0.2, 0.25) is 10.0 Å². The van der Waals surface area contributed by atoms with Crippen molar-refractivity contribution in [2.24, 2.45) is 0 Å². The molecule has 11 heteroatoms. The summed E-state index contributed by atoms with van der Waals surface area (Å²) in [4.78, 5) is 14.0. The van der Waals surface area contributed by atoms with Crippen molar-refractivity contribution in [3.05, 3.63) is 58.1 Å². The summed E-state index contributed by atoms with van der Waals surface area (Å²) in [6.07, 6.45) is -3.06. The van der Waals surface area contributed by atoms with E-state index in [9.17, 15) is 26.4 Å². The molecule has 156 valence electrons. The van der Waals surface area contributed by atoms with Gasteiger partial charge in [-0.1, -0.05) is 17.7 Å². The molecular formula is C18H17ClF3N3O3S. The smallest absolute Gasteiger partial charge is 0.320 e. The summed E-state index contributed by atoms with van der Waals surface area (Å²) in [6.45, 7) is 0.567. The summed E-state index contributed by atoms with van der Waals surface area (Å²) in [6, 6.07) is 7.66. The number of nitrogens with zero attached hydrogens (tertiary/aromatic N) is 1. The van der Waals surface area contributed by atoms with Crippen molar-refractivity contribution in [2.75, 3.05) is 22.8 Å². The summed E-state index contributed by atoms with van der Waals surface area (Å²) < 4.78 is 64.1. The molecule has 0 saturated carbocycles. The van der Waals surface area contributed by atoms with Crippen LogP contribution < -0.4 is 10.0 Å². The van der Waals surface area contributed by atoms with Crippen LogP contribution in [-0.4, -0.2) is 32.1 Å². The average Bonchev–Trinajstić information content (AvgIpc) is 2.60. The molecular weight excluding hydrogens is 431 g/mol. The molecule has 1 aliphatic heterocycles. The highest BCUT2D eigenvalue weighted by molar-refractivity contribution is 7.92. The fourth-order valence-corrected chi connectivity index (χ4v) is 3.81. The Kier molecular flexibility index (Phi) is 5.68. The number of hydrogen-bond acceptors (Lipinski definition) is 3. The van der Waals surface area contributed by atoms with Crippen LogP contribution in [0.4, 0.5) is 29.3 Å². The minimum Gasteiger partial charge on any atom is -0.320 e. The molecule has 2 aromatic rings. The number of sulfonamides is 1. The molecule has 0 fully saturated rings. The van der Waals surface area contributed by atoms with Crippen LogP contribution in [0.5, 0.6) is 0 Å². The van der Waals surface area contributed by atoms with Gasteiger partial charge < -0.3 is 10.2 Å². The van der Waals surface area contributed by atoms with Crippen LogP contribution in [0.25, 0.3) is 0 Å². The van der Waals surface area contributed by atoms with E-state index in [1.807, 2.05) is 0 Å². The minimum atomic E-state index is -4.63. The van der Waals surface area contributed by atoms with Crippen molar-refractivity contribution in [1.82, 2.24) is 4.90 Å². The highest BCUT2D eigenvalue weighted by Crippen LogP contribution is 2.36. The Morgan fingerprint density at radius 2 is 1.79 bits per heavy atom. The summed E-state index contributed by atoms with van der Waals surface area (Å²) in [7, 11) is -3.44. The van der Waals surface area contributed by atoms with Crippen LogP contribution in [0, 0.1) is 0 Å². The normalized spacial score (nSPS) is 14.3. The zero-order chi connectivity index (χ0) is 21.4. The van der Waals surface area contributed by atoms with E-state index in [-0.39, 0.29) is 12.2 Å². The zero-order valence-electron chi connectivity index (χ0n) is 15.2. The molecule has 0 unspecified atom stereocenters. The third-order valence-electron chi connectivity index (χ3n) is 4.33. The molecule has 6 nitrogen and oxygen atoms in total. The van der Waals surface area contributed by atoms with Crippen molar-refractivity contribution in [3.8, 4) is 0 Å². The summed E-state index contributed by atoms with van der Waals surface area (Å²) in [5.41, 5.74) is 1.05. The van der Waals surface area contributed by atoms with Crippen LogP contribution >= 0.6 is 11.6 Å². The molecule has 0 bridgehead atoms. The predicted octanol–water partition coefficient (Wildman–Crippen LogP) is 4.32. The summed E-state index contributed by atoms with van der Waals surface area (Å²) in [5.74, 6) is 0. The maximum absolute atomic E-state index is 13.0. The second-order valence-corrected chi connectivity index (χ2v) is 8.81. The molecule has 0 spiro atoms. The standard InChI is InChI=1S/C18H17ClF3N3O3S/c1-29(27,28)24-14-3-2-11-6-7-25(10-12(11)8-14)17(26)23-13-4-5-16(19)15(9-13)18(20,21)22/h2-5,8-9,24H,6-7,10H2,1H3,(H,23,26). The van der Waals surface area contributed by atoms with Gasteiger partial charge in [0, 0.05) is 24.5 Å². The Hall–Kier alpha value is -2.46. The number of fused-ring (bicyclic) bond motifs is 1. The largest absolute Gasteiger partial charge is 0.417 e. The van der Waals surface area contributed by atoms with Crippen molar-refractivity contribution >= 4 is 39.0 Å². The monoisotopic (exact) mass is 447 g/mol. The van der Waals surface area contributed by atoms with Crippen LogP contribution in [0.1, 0.15) is 16.7 Å². The fraction of sp³-hybridized carbons (Fsp3) is 0.278. The molecule has 0 aliphatic carbocycles. The van der Waals surface area contributed by atoms with Crippen molar-refractivity contribution in [1.29, 1.82) is 0 Å². The molecule has 29 heavy (non-hydrogen) atoms. The first kappa shape index (κ1) is 21.3. The zero-order valence-corrected chi connectivity index (χ0v) is 16.7. The maximum Gasteiger partial charge on any atom is 0.417 e. The Morgan fingerprint density at radius 1 is 1.10 bits per heavy atom. The van der Waals surface area contributed by atoms with Gasteiger partial charge in [-0.05, 0) is 47.9 Å². The lowest BCUT2D eigenvalue weighted by Crippen LogP contribution is -2.39. The van der Waals surface area contributed by atoms with Gasteiger partial charge in [0.1, 0.15) is 0 Å². The lowest BCUT2D eigenvalue weighted by atomic mass is 9.99. The molecule has 2 aromatic carbocycles. The van der Waals surface area contributed by atoms with Gasteiger partial charge in [-0.3, -0.25) is 4.72 Å². The molecule has 3 rings (SSSR count). The van der Waals surface area contributed by atoms with Crippen LogP contribution in [0.15, 0.2) is 36.4 Å². The Morgan fingerprint density at radius 3 is 2.45 bits per heavy atom. The van der Waals surface area contributed by atoms with E-state index in [4.69, 9.17) is 11.6 Å². The molecule has 1 heterocycles. The second kappa shape index (κ2) is 7.75. The lowest BCUT2D eigenvalue weighted by molar-refractivity contribution is -0.137. The van der Waals surface area contributed by atoms with Gasteiger partial charge in [0.15, 0.2) is 0 Å². The molecule has 0 radical (unpaired) electrons. The van der Waals surface area contributed by atoms with Crippen LogP contribution in [0.3, 0.4) is 0 Å². The maximum atomic E-state index is 13.0. The number of benzene rings is 2. The number of amides is 2. The first-order valence-electron chi connectivity index (χ1n) is 8.44.